The molecule has 0 aromatic carbocycles. The number of amidine groups is 1. The maximum atomic E-state index is 6.35. The molecule has 2 saturated heterocycles. The molecule has 3 heterocycles. The molecule has 0 radical (unpaired) electrons. The average molecular weight is 309 g/mol. The van der Waals surface area contributed by atoms with Crippen molar-refractivity contribution in [2.45, 2.75) is 37.4 Å². The second kappa shape index (κ2) is 5.66. The summed E-state index contributed by atoms with van der Waals surface area (Å²) in [5.41, 5.74) is 6.20. The Morgan fingerprint density at radius 3 is 3.00 bits per heavy atom. The van der Waals surface area contributed by atoms with Crippen molar-refractivity contribution in [3.05, 3.63) is 24.2 Å². The quantitative estimate of drug-likeness (QED) is 0.818. The Morgan fingerprint density at radius 2 is 2.32 bits per heavy atom. The van der Waals surface area contributed by atoms with Gasteiger partial charge in [-0.3, -0.25) is 0 Å². The highest BCUT2D eigenvalue weighted by Gasteiger charge is 2.60. The second-order valence-corrected chi connectivity index (χ2v) is 5.88. The van der Waals surface area contributed by atoms with Crippen molar-refractivity contribution in [2.24, 2.45) is 10.7 Å². The van der Waals surface area contributed by atoms with Gasteiger partial charge in [-0.15, -0.1) is 0 Å². The van der Waals surface area contributed by atoms with E-state index in [1.54, 1.807) is 14.2 Å². The summed E-state index contributed by atoms with van der Waals surface area (Å²) in [7, 11) is 3.34. The standard InChI is InChI=1S/C15H23N3O4/c1-9-7-18(10(2)17-13(9)16)14-11-12(20-4)15(22-14,8-19-3)5-6-21-11/h7,11-12,14H,2,5-6,8H2,1,3-4H3,(H2,16,17)/t11-,12?,14+,15+/m0/s1. The fraction of sp³-hybridized carbons (Fsp3) is 0.667. The zero-order valence-corrected chi connectivity index (χ0v) is 13.2. The van der Waals surface area contributed by atoms with Gasteiger partial charge in [-0.25, -0.2) is 4.99 Å². The molecule has 0 aliphatic carbocycles. The fourth-order valence-corrected chi connectivity index (χ4v) is 3.41. The predicted octanol–water partition coefficient (Wildman–Crippen LogP) is 0.580. The number of rotatable bonds is 4. The average Bonchev–Trinajstić information content (AvgIpc) is 2.65. The summed E-state index contributed by atoms with van der Waals surface area (Å²) in [5.74, 6) is 1.00. The number of methoxy groups -OCH3 is 2. The zero-order valence-electron chi connectivity index (χ0n) is 13.2. The molecule has 7 heteroatoms. The van der Waals surface area contributed by atoms with Gasteiger partial charge in [0.1, 0.15) is 29.5 Å². The first-order valence-corrected chi connectivity index (χ1v) is 7.34. The van der Waals surface area contributed by atoms with E-state index in [1.165, 1.54) is 0 Å². The molecule has 3 rings (SSSR count). The van der Waals surface area contributed by atoms with E-state index in [1.807, 2.05) is 18.0 Å². The van der Waals surface area contributed by atoms with Gasteiger partial charge in [0.15, 0.2) is 6.23 Å². The van der Waals surface area contributed by atoms with Crippen LogP contribution in [0.2, 0.25) is 0 Å². The van der Waals surface area contributed by atoms with Crippen LogP contribution in [0.5, 0.6) is 0 Å². The fourth-order valence-electron chi connectivity index (χ4n) is 3.41. The molecule has 4 atom stereocenters. The Hall–Kier alpha value is -1.41. The van der Waals surface area contributed by atoms with E-state index in [4.69, 9.17) is 24.7 Å². The lowest BCUT2D eigenvalue weighted by Gasteiger charge is -2.37. The second-order valence-electron chi connectivity index (χ2n) is 5.88. The Labute approximate surface area is 130 Å². The molecule has 0 amide bonds. The summed E-state index contributed by atoms with van der Waals surface area (Å²) in [6.07, 6.45) is 1.83. The largest absolute Gasteiger partial charge is 0.383 e. The number of hydrogen-bond donors (Lipinski definition) is 1. The highest BCUT2D eigenvalue weighted by atomic mass is 16.6. The summed E-state index contributed by atoms with van der Waals surface area (Å²) in [4.78, 5) is 6.14. The van der Waals surface area contributed by atoms with E-state index in [0.717, 1.165) is 12.0 Å². The van der Waals surface area contributed by atoms with Crippen molar-refractivity contribution in [3.63, 3.8) is 0 Å². The molecule has 3 aliphatic rings. The highest BCUT2D eigenvalue weighted by molar-refractivity contribution is 5.97. The summed E-state index contributed by atoms with van der Waals surface area (Å²) >= 11 is 0. The van der Waals surface area contributed by atoms with Crippen LogP contribution >= 0.6 is 0 Å². The Morgan fingerprint density at radius 1 is 1.55 bits per heavy atom. The van der Waals surface area contributed by atoms with Gasteiger partial charge in [0.25, 0.3) is 0 Å². The smallest absolute Gasteiger partial charge is 0.165 e. The Balaban J connectivity index is 1.91. The van der Waals surface area contributed by atoms with Crippen molar-refractivity contribution in [3.8, 4) is 0 Å². The van der Waals surface area contributed by atoms with E-state index in [0.29, 0.717) is 24.9 Å². The van der Waals surface area contributed by atoms with E-state index in [-0.39, 0.29) is 18.4 Å². The van der Waals surface area contributed by atoms with Crippen LogP contribution in [0.15, 0.2) is 29.2 Å². The summed E-state index contributed by atoms with van der Waals surface area (Å²) in [6.45, 7) is 6.93. The molecule has 122 valence electrons. The molecule has 22 heavy (non-hydrogen) atoms. The van der Waals surface area contributed by atoms with Crippen LogP contribution in [0.25, 0.3) is 0 Å². The first kappa shape index (κ1) is 15.5. The first-order chi connectivity index (χ1) is 10.5. The molecule has 1 unspecified atom stereocenters. The number of ether oxygens (including phenoxy) is 4. The van der Waals surface area contributed by atoms with Gasteiger partial charge >= 0.3 is 0 Å². The topological polar surface area (TPSA) is 78.5 Å². The third kappa shape index (κ3) is 2.25. The molecule has 0 aromatic rings. The minimum absolute atomic E-state index is 0.198. The molecule has 7 nitrogen and oxygen atoms in total. The van der Waals surface area contributed by atoms with E-state index in [9.17, 15) is 0 Å². The van der Waals surface area contributed by atoms with E-state index < -0.39 is 5.60 Å². The van der Waals surface area contributed by atoms with Gasteiger partial charge in [0.05, 0.1) is 13.2 Å². The molecule has 2 bridgehead atoms. The molecule has 2 N–H and O–H groups in total. The SMILES string of the molecule is C=C1N=C(N)C(C)=CN1[C@@H]1O[C@@]2(COC)CCO[C@H]1C2OC. The molecule has 0 saturated carbocycles. The van der Waals surface area contributed by atoms with Gasteiger partial charge in [0, 0.05) is 32.4 Å². The Kier molecular flexibility index (Phi) is 3.98. The summed E-state index contributed by atoms with van der Waals surface area (Å²) in [5, 5.41) is 0. The monoisotopic (exact) mass is 309 g/mol. The van der Waals surface area contributed by atoms with Gasteiger partial charge < -0.3 is 29.6 Å². The third-order valence-corrected chi connectivity index (χ3v) is 4.49. The molecular weight excluding hydrogens is 286 g/mol. The normalized spacial score (nSPS) is 38.0. The molecule has 2 fully saturated rings. The maximum absolute atomic E-state index is 6.35. The van der Waals surface area contributed by atoms with Crippen molar-refractivity contribution in [1.82, 2.24) is 4.90 Å². The van der Waals surface area contributed by atoms with E-state index >= 15 is 0 Å². The number of aliphatic imine (C=N–C) groups is 1. The third-order valence-electron chi connectivity index (χ3n) is 4.49. The number of fused-ring (bicyclic) bond motifs is 2. The molecule has 0 aromatic heterocycles. The van der Waals surface area contributed by atoms with E-state index in [2.05, 4.69) is 11.6 Å². The van der Waals surface area contributed by atoms with Crippen molar-refractivity contribution < 1.29 is 18.9 Å². The van der Waals surface area contributed by atoms with Gasteiger partial charge in [-0.05, 0) is 6.92 Å². The number of nitrogens with two attached hydrogens (primary N) is 1. The van der Waals surface area contributed by atoms with Crippen LogP contribution in [-0.4, -0.2) is 62.2 Å². The highest BCUT2D eigenvalue weighted by Crippen LogP contribution is 2.43. The number of hydrogen-bond acceptors (Lipinski definition) is 7. The lowest BCUT2D eigenvalue weighted by Crippen LogP contribution is -2.53. The van der Waals surface area contributed by atoms with Crippen LogP contribution in [0, 0.1) is 0 Å². The van der Waals surface area contributed by atoms with Crippen LogP contribution in [-0.2, 0) is 18.9 Å². The van der Waals surface area contributed by atoms with Crippen molar-refractivity contribution in [2.75, 3.05) is 27.4 Å². The van der Waals surface area contributed by atoms with Gasteiger partial charge in [-0.2, -0.15) is 0 Å². The summed E-state index contributed by atoms with van der Waals surface area (Å²) in [6, 6.07) is 0. The lowest BCUT2D eigenvalue weighted by molar-refractivity contribution is -0.160. The summed E-state index contributed by atoms with van der Waals surface area (Å²) < 4.78 is 23.3. The predicted molar refractivity (Wildman–Crippen MR) is 81.0 cm³/mol. The van der Waals surface area contributed by atoms with Crippen molar-refractivity contribution in [1.29, 1.82) is 0 Å². The Bertz CT molecular complexity index is 529. The zero-order chi connectivity index (χ0) is 15.9. The molecular formula is C15H23N3O4. The van der Waals surface area contributed by atoms with Crippen LogP contribution in [0.4, 0.5) is 0 Å². The van der Waals surface area contributed by atoms with Crippen LogP contribution < -0.4 is 5.73 Å². The van der Waals surface area contributed by atoms with Crippen LogP contribution in [0.3, 0.4) is 0 Å². The molecule has 0 spiro atoms. The molecule has 3 aliphatic heterocycles. The lowest BCUT2D eigenvalue weighted by atomic mass is 9.90. The maximum Gasteiger partial charge on any atom is 0.165 e. The van der Waals surface area contributed by atoms with Gasteiger partial charge in [-0.1, -0.05) is 6.58 Å². The minimum atomic E-state index is -0.508. The van der Waals surface area contributed by atoms with Crippen molar-refractivity contribution >= 4 is 5.84 Å². The minimum Gasteiger partial charge on any atom is -0.383 e. The van der Waals surface area contributed by atoms with Crippen LogP contribution in [0.1, 0.15) is 13.3 Å². The number of nitrogens with zero attached hydrogens (tertiary/aromatic N) is 2. The first-order valence-electron chi connectivity index (χ1n) is 7.34. The van der Waals surface area contributed by atoms with Gasteiger partial charge in [0.2, 0.25) is 0 Å².